The number of hydrogen-bond acceptors (Lipinski definition) is 5. The summed E-state index contributed by atoms with van der Waals surface area (Å²) in [6.07, 6.45) is 0.503. The first kappa shape index (κ1) is 8.73. The lowest BCUT2D eigenvalue weighted by molar-refractivity contribution is 0.111. The van der Waals surface area contributed by atoms with Crippen LogP contribution in [-0.4, -0.2) is 23.4 Å². The molecule has 0 aliphatic carbocycles. The van der Waals surface area contributed by atoms with Crippen molar-refractivity contribution in [3.63, 3.8) is 0 Å². The number of aldehydes is 1. The fraction of sp³-hybridized carbons (Fsp3) is 0.167. The first-order valence-corrected chi connectivity index (χ1v) is 3.39. The van der Waals surface area contributed by atoms with Gasteiger partial charge in [0.05, 0.1) is 7.11 Å². The number of anilines is 1. The molecule has 0 aliphatic heterocycles. The van der Waals surface area contributed by atoms with Crippen LogP contribution in [0.3, 0.4) is 0 Å². The van der Waals surface area contributed by atoms with Crippen molar-refractivity contribution in [2.45, 2.75) is 0 Å². The van der Waals surface area contributed by atoms with E-state index in [1.165, 1.54) is 7.11 Å². The second-order valence-electron chi connectivity index (χ2n) is 1.91. The molecule has 0 unspecified atom stereocenters. The number of hydrogen-bond donors (Lipinski definition) is 1. The highest BCUT2D eigenvalue weighted by Gasteiger charge is 2.10. The number of carbonyl (C=O) groups excluding carboxylic acids is 1. The molecule has 1 heterocycles. The smallest absolute Gasteiger partial charge is 0.225 e. The van der Waals surface area contributed by atoms with Gasteiger partial charge in [0, 0.05) is 0 Å². The highest BCUT2D eigenvalue weighted by molar-refractivity contribution is 6.28. The Morgan fingerprint density at radius 1 is 1.58 bits per heavy atom. The molecule has 2 N–H and O–H groups in total. The monoisotopic (exact) mass is 187 g/mol. The summed E-state index contributed by atoms with van der Waals surface area (Å²) in [4.78, 5) is 17.6. The zero-order valence-corrected chi connectivity index (χ0v) is 7.00. The van der Waals surface area contributed by atoms with Crippen LogP contribution in [0.4, 0.5) is 5.82 Å². The van der Waals surface area contributed by atoms with Crippen molar-refractivity contribution in [2.24, 2.45) is 0 Å². The molecular weight excluding hydrogens is 182 g/mol. The van der Waals surface area contributed by atoms with E-state index in [1.54, 1.807) is 0 Å². The number of aromatic nitrogens is 2. The molecular formula is C6H6ClN3O2. The SMILES string of the molecule is COc1c(N)nc(Cl)nc1C=O. The molecule has 0 fully saturated rings. The molecule has 0 spiro atoms. The lowest BCUT2D eigenvalue weighted by Gasteiger charge is -2.04. The maximum atomic E-state index is 10.4. The lowest BCUT2D eigenvalue weighted by Crippen LogP contribution is -2.02. The van der Waals surface area contributed by atoms with Crippen molar-refractivity contribution in [2.75, 3.05) is 12.8 Å². The summed E-state index contributed by atoms with van der Waals surface area (Å²) in [6.45, 7) is 0. The van der Waals surface area contributed by atoms with Gasteiger partial charge in [-0.15, -0.1) is 0 Å². The maximum absolute atomic E-state index is 10.4. The van der Waals surface area contributed by atoms with Gasteiger partial charge in [0.1, 0.15) is 0 Å². The van der Waals surface area contributed by atoms with Crippen molar-refractivity contribution in [3.8, 4) is 5.75 Å². The molecule has 0 atom stereocenters. The van der Waals surface area contributed by atoms with E-state index in [4.69, 9.17) is 22.1 Å². The van der Waals surface area contributed by atoms with Gasteiger partial charge < -0.3 is 10.5 Å². The van der Waals surface area contributed by atoms with E-state index in [0.29, 0.717) is 6.29 Å². The van der Waals surface area contributed by atoms with E-state index in [9.17, 15) is 4.79 Å². The number of ether oxygens (including phenoxy) is 1. The molecule has 5 nitrogen and oxygen atoms in total. The van der Waals surface area contributed by atoms with Gasteiger partial charge in [-0.25, -0.2) is 4.98 Å². The number of nitrogen functional groups attached to an aromatic ring is 1. The van der Waals surface area contributed by atoms with Crippen LogP contribution in [0.5, 0.6) is 5.75 Å². The molecule has 0 saturated carbocycles. The standard InChI is InChI=1S/C6H6ClN3O2/c1-12-4-3(2-11)9-6(7)10-5(4)8/h2H,1H3,(H2,8,9,10). The number of methoxy groups -OCH3 is 1. The highest BCUT2D eigenvalue weighted by Crippen LogP contribution is 2.22. The van der Waals surface area contributed by atoms with E-state index >= 15 is 0 Å². The summed E-state index contributed by atoms with van der Waals surface area (Å²) in [5.74, 6) is 0.203. The number of nitrogens with two attached hydrogens (primary N) is 1. The molecule has 1 aromatic heterocycles. The minimum absolute atomic E-state index is 0.0509. The summed E-state index contributed by atoms with van der Waals surface area (Å²) in [7, 11) is 1.37. The first-order chi connectivity index (χ1) is 5.69. The Labute approximate surface area is 73.5 Å². The van der Waals surface area contributed by atoms with Crippen LogP contribution in [0.25, 0.3) is 0 Å². The third-order valence-corrected chi connectivity index (χ3v) is 1.38. The minimum atomic E-state index is -0.0737. The molecule has 1 rings (SSSR count). The lowest BCUT2D eigenvalue weighted by atomic mass is 10.4. The molecule has 0 bridgehead atoms. The molecule has 0 aromatic carbocycles. The van der Waals surface area contributed by atoms with Gasteiger partial charge in [-0.2, -0.15) is 4.98 Å². The third-order valence-electron chi connectivity index (χ3n) is 1.21. The van der Waals surface area contributed by atoms with Crippen molar-refractivity contribution in [3.05, 3.63) is 11.0 Å². The van der Waals surface area contributed by atoms with Crippen molar-refractivity contribution in [1.29, 1.82) is 0 Å². The van der Waals surface area contributed by atoms with E-state index in [-0.39, 0.29) is 22.5 Å². The van der Waals surface area contributed by atoms with Gasteiger partial charge in [0.25, 0.3) is 0 Å². The summed E-state index contributed by atoms with van der Waals surface area (Å²) in [6, 6.07) is 0. The molecule has 0 saturated heterocycles. The second kappa shape index (κ2) is 3.36. The summed E-state index contributed by atoms with van der Waals surface area (Å²) >= 11 is 5.44. The van der Waals surface area contributed by atoms with Gasteiger partial charge in [0.15, 0.2) is 23.5 Å². The normalized spacial score (nSPS) is 9.50. The fourth-order valence-electron chi connectivity index (χ4n) is 0.746. The third kappa shape index (κ3) is 1.45. The van der Waals surface area contributed by atoms with Crippen LogP contribution in [0.1, 0.15) is 10.5 Å². The molecule has 1 aromatic rings. The van der Waals surface area contributed by atoms with Crippen molar-refractivity contribution >= 4 is 23.7 Å². The van der Waals surface area contributed by atoms with Gasteiger partial charge in [0.2, 0.25) is 5.28 Å². The zero-order valence-electron chi connectivity index (χ0n) is 6.24. The molecule has 0 amide bonds. The Kier molecular flexibility index (Phi) is 2.44. The molecule has 0 radical (unpaired) electrons. The predicted molar refractivity (Wildman–Crippen MR) is 43.4 cm³/mol. The summed E-state index contributed by atoms with van der Waals surface area (Å²) in [5, 5.41) is -0.0737. The van der Waals surface area contributed by atoms with Crippen LogP contribution in [0, 0.1) is 0 Å². The van der Waals surface area contributed by atoms with Crippen LogP contribution < -0.4 is 10.5 Å². The molecule has 64 valence electrons. The average molecular weight is 188 g/mol. The zero-order chi connectivity index (χ0) is 9.14. The van der Waals surface area contributed by atoms with Gasteiger partial charge in [-0.1, -0.05) is 0 Å². The van der Waals surface area contributed by atoms with Crippen LogP contribution >= 0.6 is 11.6 Å². The van der Waals surface area contributed by atoms with Gasteiger partial charge >= 0.3 is 0 Å². The minimum Gasteiger partial charge on any atom is -0.491 e. The quantitative estimate of drug-likeness (QED) is 0.540. The first-order valence-electron chi connectivity index (χ1n) is 3.01. The number of halogens is 1. The summed E-state index contributed by atoms with van der Waals surface area (Å²) in [5.41, 5.74) is 5.44. The fourth-order valence-corrected chi connectivity index (χ4v) is 0.928. The van der Waals surface area contributed by atoms with Crippen LogP contribution in [-0.2, 0) is 0 Å². The second-order valence-corrected chi connectivity index (χ2v) is 2.25. The average Bonchev–Trinajstić information content (AvgIpc) is 2.03. The molecule has 6 heteroatoms. The maximum Gasteiger partial charge on any atom is 0.225 e. The Balaban J connectivity index is 3.33. The highest BCUT2D eigenvalue weighted by atomic mass is 35.5. The van der Waals surface area contributed by atoms with Crippen molar-refractivity contribution < 1.29 is 9.53 Å². The van der Waals surface area contributed by atoms with E-state index < -0.39 is 0 Å². The van der Waals surface area contributed by atoms with E-state index in [2.05, 4.69) is 9.97 Å². The number of rotatable bonds is 2. The Bertz CT molecular complexity index is 316. The number of carbonyl (C=O) groups is 1. The predicted octanol–water partition coefficient (Wildman–Crippen LogP) is 0.533. The Hall–Kier alpha value is -1.36. The Morgan fingerprint density at radius 2 is 2.25 bits per heavy atom. The van der Waals surface area contributed by atoms with Crippen LogP contribution in [0.15, 0.2) is 0 Å². The van der Waals surface area contributed by atoms with Crippen molar-refractivity contribution in [1.82, 2.24) is 9.97 Å². The topological polar surface area (TPSA) is 78.1 Å². The van der Waals surface area contributed by atoms with E-state index in [1.807, 2.05) is 0 Å². The molecule has 12 heavy (non-hydrogen) atoms. The van der Waals surface area contributed by atoms with E-state index in [0.717, 1.165) is 0 Å². The summed E-state index contributed by atoms with van der Waals surface area (Å²) < 4.78 is 4.78. The van der Waals surface area contributed by atoms with Gasteiger partial charge in [-0.3, -0.25) is 4.79 Å². The molecule has 0 aliphatic rings. The number of nitrogens with zero attached hydrogens (tertiary/aromatic N) is 2. The van der Waals surface area contributed by atoms with Gasteiger partial charge in [-0.05, 0) is 11.6 Å². The Morgan fingerprint density at radius 3 is 2.75 bits per heavy atom. The van der Waals surface area contributed by atoms with Crippen LogP contribution in [0.2, 0.25) is 5.28 Å². The largest absolute Gasteiger partial charge is 0.491 e.